The first-order chi connectivity index (χ1) is 16.2. The Hall–Kier alpha value is -3.39. The number of aliphatic hydroxyl groups excluding tert-OH is 1. The molecule has 2 aliphatic rings. The second-order valence-electron chi connectivity index (χ2n) is 9.74. The third-order valence-electron chi connectivity index (χ3n) is 7.37. The highest BCUT2D eigenvalue weighted by Crippen LogP contribution is 2.38. The number of pyridine rings is 1. The maximum atomic E-state index is 13.4. The summed E-state index contributed by atoms with van der Waals surface area (Å²) in [5.74, 6) is 0.101. The fraction of sp³-hybridized carbons (Fsp3) is 0.423. The zero-order valence-corrected chi connectivity index (χ0v) is 19.7. The van der Waals surface area contributed by atoms with Crippen molar-refractivity contribution in [2.45, 2.75) is 45.8 Å². The molecule has 2 fully saturated rings. The number of anilines is 2. The van der Waals surface area contributed by atoms with E-state index in [2.05, 4.69) is 10.2 Å². The summed E-state index contributed by atoms with van der Waals surface area (Å²) < 4.78 is 1.60. The number of benzene rings is 1. The standard InChI is InChI=1S/C26H30N4O4/c1-14-10-20(16(3)27-21-7-5-4-6-19(21)26(33)34)24-28-23(15(2)25(32)30(24)11-14)29-12-17-8-9-18(13-29)22(17)31/h4-7,10-11,16-18,22,27,31H,8-9,12-13H2,1-3H3,(H,33,34). The van der Waals surface area contributed by atoms with Crippen LogP contribution in [-0.2, 0) is 0 Å². The summed E-state index contributed by atoms with van der Waals surface area (Å²) in [5.41, 5.74) is 3.48. The molecule has 5 rings (SSSR count). The van der Waals surface area contributed by atoms with Crippen LogP contribution in [0.25, 0.3) is 5.65 Å². The molecule has 1 saturated heterocycles. The molecule has 3 heterocycles. The fourth-order valence-electron chi connectivity index (χ4n) is 5.58. The van der Waals surface area contributed by atoms with Crippen LogP contribution >= 0.6 is 0 Å². The normalized spacial score (nSPS) is 22.7. The Morgan fingerprint density at radius 3 is 2.53 bits per heavy atom. The number of carboxylic acid groups (broad SMARTS) is 1. The van der Waals surface area contributed by atoms with E-state index >= 15 is 0 Å². The molecule has 3 aromatic rings. The van der Waals surface area contributed by atoms with E-state index in [1.54, 1.807) is 34.9 Å². The minimum absolute atomic E-state index is 0.110. The van der Waals surface area contributed by atoms with Gasteiger partial charge in [-0.05, 0) is 57.4 Å². The number of aromatic carboxylic acids is 1. The topological polar surface area (TPSA) is 107 Å². The molecule has 2 bridgehead atoms. The van der Waals surface area contributed by atoms with Crippen LogP contribution in [0.5, 0.6) is 0 Å². The van der Waals surface area contributed by atoms with Gasteiger partial charge < -0.3 is 20.4 Å². The van der Waals surface area contributed by atoms with E-state index in [4.69, 9.17) is 4.98 Å². The van der Waals surface area contributed by atoms with Gasteiger partial charge in [0.2, 0.25) is 0 Å². The number of hydrogen-bond acceptors (Lipinski definition) is 6. The Kier molecular flexibility index (Phi) is 5.56. The maximum Gasteiger partial charge on any atom is 0.337 e. The molecule has 0 radical (unpaired) electrons. The van der Waals surface area contributed by atoms with Crippen LogP contribution in [0.15, 0.2) is 41.3 Å². The largest absolute Gasteiger partial charge is 0.478 e. The van der Waals surface area contributed by atoms with E-state index in [0.717, 1.165) is 24.0 Å². The zero-order valence-electron chi connectivity index (χ0n) is 19.7. The number of rotatable bonds is 5. The van der Waals surface area contributed by atoms with Gasteiger partial charge in [0, 0.05) is 42.4 Å². The number of aromatic nitrogens is 2. The Bertz CT molecular complexity index is 1320. The predicted octanol–water partition coefficient (Wildman–Crippen LogP) is 3.39. The number of hydrogen-bond donors (Lipinski definition) is 3. The maximum absolute atomic E-state index is 13.4. The fourth-order valence-corrected chi connectivity index (χ4v) is 5.58. The molecule has 34 heavy (non-hydrogen) atoms. The molecule has 3 N–H and O–H groups in total. The second-order valence-corrected chi connectivity index (χ2v) is 9.74. The van der Waals surface area contributed by atoms with Gasteiger partial charge >= 0.3 is 5.97 Å². The Morgan fingerprint density at radius 1 is 1.18 bits per heavy atom. The molecule has 8 heteroatoms. The second kappa shape index (κ2) is 8.43. The van der Waals surface area contributed by atoms with E-state index in [1.807, 2.05) is 26.8 Å². The minimum Gasteiger partial charge on any atom is -0.478 e. The van der Waals surface area contributed by atoms with Gasteiger partial charge in [-0.1, -0.05) is 12.1 Å². The van der Waals surface area contributed by atoms with Crippen molar-refractivity contribution in [2.24, 2.45) is 11.8 Å². The highest BCUT2D eigenvalue weighted by Gasteiger charge is 2.41. The first-order valence-corrected chi connectivity index (χ1v) is 11.8. The lowest BCUT2D eigenvalue weighted by Gasteiger charge is -2.37. The van der Waals surface area contributed by atoms with Crippen molar-refractivity contribution >= 4 is 23.1 Å². The van der Waals surface area contributed by atoms with Gasteiger partial charge in [0.05, 0.1) is 23.3 Å². The van der Waals surface area contributed by atoms with Crippen molar-refractivity contribution in [2.75, 3.05) is 23.3 Å². The Labute approximate surface area is 197 Å². The molecule has 0 amide bonds. The van der Waals surface area contributed by atoms with Crippen molar-refractivity contribution in [3.63, 3.8) is 0 Å². The highest BCUT2D eigenvalue weighted by molar-refractivity contribution is 5.94. The van der Waals surface area contributed by atoms with Gasteiger partial charge in [0.25, 0.3) is 5.56 Å². The van der Waals surface area contributed by atoms with Crippen molar-refractivity contribution in [3.05, 3.63) is 69.1 Å². The summed E-state index contributed by atoms with van der Waals surface area (Å²) >= 11 is 0. The quantitative estimate of drug-likeness (QED) is 0.534. The zero-order chi connectivity index (χ0) is 24.1. The summed E-state index contributed by atoms with van der Waals surface area (Å²) in [5, 5.41) is 23.3. The number of nitrogens with one attached hydrogen (secondary N) is 1. The predicted molar refractivity (Wildman–Crippen MR) is 131 cm³/mol. The van der Waals surface area contributed by atoms with Gasteiger partial charge in [-0.25, -0.2) is 9.78 Å². The summed E-state index contributed by atoms with van der Waals surface area (Å²) in [6.45, 7) is 7.08. The minimum atomic E-state index is -1.00. The van der Waals surface area contributed by atoms with Crippen molar-refractivity contribution in [1.29, 1.82) is 0 Å². The van der Waals surface area contributed by atoms with E-state index in [1.165, 1.54) is 0 Å². The molecule has 0 spiro atoms. The van der Waals surface area contributed by atoms with Gasteiger partial charge in [-0.3, -0.25) is 9.20 Å². The number of piperidine rings is 1. The molecular formula is C26H30N4O4. The molecule has 178 valence electrons. The third kappa shape index (κ3) is 3.72. The molecule has 8 nitrogen and oxygen atoms in total. The van der Waals surface area contributed by atoms with E-state index in [-0.39, 0.29) is 35.1 Å². The number of para-hydroxylation sites is 1. The molecule has 3 unspecified atom stereocenters. The summed E-state index contributed by atoms with van der Waals surface area (Å²) in [6.07, 6.45) is 3.53. The molecule has 2 aromatic heterocycles. The molecule has 3 atom stereocenters. The molecule has 1 aliphatic heterocycles. The van der Waals surface area contributed by atoms with Crippen LogP contribution in [0.3, 0.4) is 0 Å². The van der Waals surface area contributed by atoms with Crippen LogP contribution in [0.2, 0.25) is 0 Å². The van der Waals surface area contributed by atoms with Crippen LogP contribution in [0.1, 0.15) is 52.9 Å². The lowest BCUT2D eigenvalue weighted by molar-refractivity contribution is 0.0697. The summed E-state index contributed by atoms with van der Waals surface area (Å²) in [6, 6.07) is 8.49. The molecular weight excluding hydrogens is 432 g/mol. The summed E-state index contributed by atoms with van der Waals surface area (Å²) in [7, 11) is 0. The van der Waals surface area contributed by atoms with Gasteiger partial charge in [-0.15, -0.1) is 0 Å². The van der Waals surface area contributed by atoms with Gasteiger partial charge in [0.1, 0.15) is 11.5 Å². The first-order valence-electron chi connectivity index (χ1n) is 11.8. The molecule has 1 aromatic carbocycles. The van der Waals surface area contributed by atoms with E-state index in [0.29, 0.717) is 35.8 Å². The number of aryl methyl sites for hydroxylation is 1. The lowest BCUT2D eigenvalue weighted by Crippen LogP contribution is -2.46. The van der Waals surface area contributed by atoms with E-state index < -0.39 is 5.97 Å². The van der Waals surface area contributed by atoms with Crippen LogP contribution in [-0.4, -0.2) is 44.8 Å². The highest BCUT2D eigenvalue weighted by atomic mass is 16.4. The van der Waals surface area contributed by atoms with Crippen molar-refractivity contribution in [1.82, 2.24) is 9.38 Å². The van der Waals surface area contributed by atoms with Crippen molar-refractivity contribution < 1.29 is 15.0 Å². The third-order valence-corrected chi connectivity index (χ3v) is 7.37. The van der Waals surface area contributed by atoms with E-state index in [9.17, 15) is 19.8 Å². The number of nitrogens with zero attached hydrogens (tertiary/aromatic N) is 3. The number of carbonyl (C=O) groups is 1. The van der Waals surface area contributed by atoms with Gasteiger partial charge in [0.15, 0.2) is 0 Å². The first kappa shape index (κ1) is 22.4. The molecule has 1 saturated carbocycles. The summed E-state index contributed by atoms with van der Waals surface area (Å²) in [4.78, 5) is 32.2. The average Bonchev–Trinajstić information content (AvgIpc) is 3.01. The smallest absolute Gasteiger partial charge is 0.337 e. The van der Waals surface area contributed by atoms with Gasteiger partial charge in [-0.2, -0.15) is 0 Å². The van der Waals surface area contributed by atoms with Crippen molar-refractivity contribution in [3.8, 4) is 0 Å². The number of fused-ring (bicyclic) bond motifs is 3. The number of carboxylic acids is 1. The van der Waals surface area contributed by atoms with Crippen LogP contribution < -0.4 is 15.8 Å². The monoisotopic (exact) mass is 462 g/mol. The van der Waals surface area contributed by atoms with Crippen LogP contribution in [0, 0.1) is 25.7 Å². The SMILES string of the molecule is Cc1cc(C(C)Nc2ccccc2C(=O)O)c2nc(N3CC4CCC(C3)C4O)c(C)c(=O)n2c1. The Morgan fingerprint density at radius 2 is 1.85 bits per heavy atom. The molecule has 1 aliphatic carbocycles. The average molecular weight is 463 g/mol. The number of aliphatic hydroxyl groups is 1. The van der Waals surface area contributed by atoms with Crippen LogP contribution in [0.4, 0.5) is 11.5 Å². The lowest BCUT2D eigenvalue weighted by atomic mass is 9.95. The Balaban J connectivity index is 1.59.